The first kappa shape index (κ1) is 15.4. The number of likely N-dealkylation sites (tertiary alicyclic amines) is 1. The summed E-state index contributed by atoms with van der Waals surface area (Å²) in [5.74, 6) is -0.256. The standard InChI is InChI=1S/C15H20FN3O2/c1-2-11-9-19(8-7-14(11)18-21)10-15(20)17-13-5-3-12(16)4-6-13/h3-6,11,21H,2,7-10H2,1H3,(H,17,20)/b18-14+. The molecule has 114 valence electrons. The molecule has 0 spiro atoms. The van der Waals surface area contributed by atoms with Crippen LogP contribution in [0, 0.1) is 11.7 Å². The Kier molecular flexibility index (Phi) is 5.27. The first-order valence-electron chi connectivity index (χ1n) is 7.11. The lowest BCUT2D eigenvalue weighted by Gasteiger charge is -2.32. The Hall–Kier alpha value is -1.95. The van der Waals surface area contributed by atoms with E-state index in [0.29, 0.717) is 25.2 Å². The highest BCUT2D eigenvalue weighted by atomic mass is 19.1. The van der Waals surface area contributed by atoms with Crippen molar-refractivity contribution in [2.75, 3.05) is 25.0 Å². The van der Waals surface area contributed by atoms with Gasteiger partial charge < -0.3 is 10.5 Å². The van der Waals surface area contributed by atoms with Crippen LogP contribution in [0.1, 0.15) is 19.8 Å². The number of nitrogens with one attached hydrogen (secondary N) is 1. The number of carbonyl (C=O) groups excluding carboxylic acids is 1. The number of amides is 1. The number of rotatable bonds is 4. The number of halogens is 1. The van der Waals surface area contributed by atoms with Crippen molar-refractivity contribution in [2.24, 2.45) is 11.1 Å². The van der Waals surface area contributed by atoms with Crippen molar-refractivity contribution in [2.45, 2.75) is 19.8 Å². The Morgan fingerprint density at radius 3 is 2.81 bits per heavy atom. The molecule has 1 aliphatic heterocycles. The highest BCUT2D eigenvalue weighted by Gasteiger charge is 2.25. The molecule has 5 nitrogen and oxygen atoms in total. The molecule has 1 unspecified atom stereocenters. The zero-order valence-electron chi connectivity index (χ0n) is 12.1. The van der Waals surface area contributed by atoms with Crippen molar-refractivity contribution in [3.8, 4) is 0 Å². The minimum atomic E-state index is -0.328. The Balaban J connectivity index is 1.87. The summed E-state index contributed by atoms with van der Waals surface area (Å²) in [5.41, 5.74) is 1.40. The van der Waals surface area contributed by atoms with E-state index in [4.69, 9.17) is 5.21 Å². The second kappa shape index (κ2) is 7.17. The summed E-state index contributed by atoms with van der Waals surface area (Å²) in [6.45, 7) is 3.74. The highest BCUT2D eigenvalue weighted by Crippen LogP contribution is 2.17. The summed E-state index contributed by atoms with van der Waals surface area (Å²) in [5, 5.41) is 15.0. The number of nitrogens with zero attached hydrogens (tertiary/aromatic N) is 2. The Bertz CT molecular complexity index is 516. The predicted molar refractivity (Wildman–Crippen MR) is 79.1 cm³/mol. The van der Waals surface area contributed by atoms with Gasteiger partial charge in [0.05, 0.1) is 12.3 Å². The van der Waals surface area contributed by atoms with E-state index in [0.717, 1.165) is 12.1 Å². The van der Waals surface area contributed by atoms with Crippen LogP contribution in [-0.4, -0.2) is 41.4 Å². The van der Waals surface area contributed by atoms with Crippen LogP contribution in [0.4, 0.5) is 10.1 Å². The maximum atomic E-state index is 12.8. The van der Waals surface area contributed by atoms with E-state index < -0.39 is 0 Å². The summed E-state index contributed by atoms with van der Waals surface area (Å²) >= 11 is 0. The molecule has 1 fully saturated rings. The molecule has 1 heterocycles. The fraction of sp³-hybridized carbons (Fsp3) is 0.467. The molecule has 0 aromatic heterocycles. The van der Waals surface area contributed by atoms with E-state index in [9.17, 15) is 9.18 Å². The average Bonchev–Trinajstić information content (AvgIpc) is 2.49. The fourth-order valence-electron chi connectivity index (χ4n) is 2.56. The maximum Gasteiger partial charge on any atom is 0.238 e. The summed E-state index contributed by atoms with van der Waals surface area (Å²) < 4.78 is 12.8. The van der Waals surface area contributed by atoms with E-state index in [2.05, 4.69) is 10.5 Å². The van der Waals surface area contributed by atoms with E-state index in [1.807, 2.05) is 11.8 Å². The van der Waals surface area contributed by atoms with Crippen LogP contribution in [-0.2, 0) is 4.79 Å². The summed E-state index contributed by atoms with van der Waals surface area (Å²) in [6, 6.07) is 5.70. The topological polar surface area (TPSA) is 64.9 Å². The fourth-order valence-corrected chi connectivity index (χ4v) is 2.56. The van der Waals surface area contributed by atoms with Gasteiger partial charge in [-0.25, -0.2) is 4.39 Å². The second-order valence-electron chi connectivity index (χ2n) is 5.24. The molecule has 1 aromatic rings. The third-order valence-electron chi connectivity index (χ3n) is 3.75. The molecule has 1 saturated heterocycles. The van der Waals surface area contributed by atoms with Gasteiger partial charge in [0.25, 0.3) is 0 Å². The summed E-state index contributed by atoms with van der Waals surface area (Å²) in [4.78, 5) is 14.0. The van der Waals surface area contributed by atoms with E-state index >= 15 is 0 Å². The monoisotopic (exact) mass is 293 g/mol. The summed E-state index contributed by atoms with van der Waals surface area (Å²) in [7, 11) is 0. The van der Waals surface area contributed by atoms with Crippen molar-refractivity contribution < 1.29 is 14.4 Å². The number of benzene rings is 1. The van der Waals surface area contributed by atoms with Gasteiger partial charge in [0, 0.05) is 31.1 Å². The van der Waals surface area contributed by atoms with Gasteiger partial charge in [-0.05, 0) is 30.7 Å². The van der Waals surface area contributed by atoms with Crippen LogP contribution in [0.15, 0.2) is 29.4 Å². The van der Waals surface area contributed by atoms with Crippen molar-refractivity contribution in [1.82, 2.24) is 4.90 Å². The number of carbonyl (C=O) groups is 1. The third-order valence-corrected chi connectivity index (χ3v) is 3.75. The van der Waals surface area contributed by atoms with E-state index in [1.165, 1.54) is 24.3 Å². The Morgan fingerprint density at radius 1 is 1.48 bits per heavy atom. The molecule has 1 aromatic carbocycles. The predicted octanol–water partition coefficient (Wildman–Crippen LogP) is 2.33. The van der Waals surface area contributed by atoms with Crippen molar-refractivity contribution >= 4 is 17.3 Å². The lowest BCUT2D eigenvalue weighted by Crippen LogP contribution is -2.44. The van der Waals surface area contributed by atoms with Crippen molar-refractivity contribution in [3.05, 3.63) is 30.1 Å². The minimum absolute atomic E-state index is 0.124. The highest BCUT2D eigenvalue weighted by molar-refractivity contribution is 5.92. The maximum absolute atomic E-state index is 12.8. The van der Waals surface area contributed by atoms with Gasteiger partial charge in [-0.15, -0.1) is 0 Å². The number of piperidine rings is 1. The van der Waals surface area contributed by atoms with Gasteiger partial charge in [-0.3, -0.25) is 9.69 Å². The number of hydrogen-bond donors (Lipinski definition) is 2. The van der Waals surface area contributed by atoms with Crippen LogP contribution in [0.5, 0.6) is 0 Å². The molecular weight excluding hydrogens is 273 g/mol. The first-order chi connectivity index (χ1) is 10.1. The van der Waals surface area contributed by atoms with Crippen LogP contribution < -0.4 is 5.32 Å². The molecule has 6 heteroatoms. The largest absolute Gasteiger partial charge is 0.411 e. The normalized spacial score (nSPS) is 21.4. The number of oxime groups is 1. The van der Waals surface area contributed by atoms with Crippen molar-refractivity contribution in [1.29, 1.82) is 0 Å². The molecular formula is C15H20FN3O2. The smallest absolute Gasteiger partial charge is 0.238 e. The van der Waals surface area contributed by atoms with Gasteiger partial charge >= 0.3 is 0 Å². The van der Waals surface area contributed by atoms with E-state index in [1.54, 1.807) is 0 Å². The lowest BCUT2D eigenvalue weighted by atomic mass is 9.93. The number of hydrogen-bond acceptors (Lipinski definition) is 4. The zero-order chi connectivity index (χ0) is 15.2. The van der Waals surface area contributed by atoms with Gasteiger partial charge in [0.15, 0.2) is 0 Å². The SMILES string of the molecule is CCC1CN(CC(=O)Nc2ccc(F)cc2)CC/C1=N\O. The molecule has 2 N–H and O–H groups in total. The third kappa shape index (κ3) is 4.26. The van der Waals surface area contributed by atoms with Gasteiger partial charge in [-0.2, -0.15) is 0 Å². The van der Waals surface area contributed by atoms with Gasteiger partial charge in [0.2, 0.25) is 5.91 Å². The Morgan fingerprint density at radius 2 is 2.19 bits per heavy atom. The quantitative estimate of drug-likeness (QED) is 0.661. The molecule has 0 aliphatic carbocycles. The van der Waals surface area contributed by atoms with Crippen molar-refractivity contribution in [3.63, 3.8) is 0 Å². The van der Waals surface area contributed by atoms with Gasteiger partial charge in [-0.1, -0.05) is 12.1 Å². The molecule has 0 bridgehead atoms. The molecule has 2 rings (SSSR count). The summed E-state index contributed by atoms with van der Waals surface area (Å²) in [6.07, 6.45) is 1.56. The average molecular weight is 293 g/mol. The van der Waals surface area contributed by atoms with Crippen LogP contribution in [0.3, 0.4) is 0 Å². The minimum Gasteiger partial charge on any atom is -0.411 e. The Labute approximate surface area is 123 Å². The first-order valence-corrected chi connectivity index (χ1v) is 7.11. The van der Waals surface area contributed by atoms with Crippen LogP contribution in [0.25, 0.3) is 0 Å². The second-order valence-corrected chi connectivity index (χ2v) is 5.24. The molecule has 1 atom stereocenters. The lowest BCUT2D eigenvalue weighted by molar-refractivity contribution is -0.117. The molecule has 0 saturated carbocycles. The molecule has 0 radical (unpaired) electrons. The van der Waals surface area contributed by atoms with Crippen LogP contribution in [0.2, 0.25) is 0 Å². The molecule has 1 aliphatic rings. The molecule has 21 heavy (non-hydrogen) atoms. The van der Waals surface area contributed by atoms with E-state index in [-0.39, 0.29) is 24.2 Å². The number of anilines is 1. The molecule has 1 amide bonds. The van der Waals surface area contributed by atoms with Crippen LogP contribution >= 0.6 is 0 Å². The van der Waals surface area contributed by atoms with Gasteiger partial charge in [0.1, 0.15) is 5.82 Å². The zero-order valence-corrected chi connectivity index (χ0v) is 12.1.